The van der Waals surface area contributed by atoms with Crippen molar-refractivity contribution in [2.45, 2.75) is 25.8 Å². The van der Waals surface area contributed by atoms with Crippen molar-refractivity contribution in [3.8, 4) is 10.8 Å². The van der Waals surface area contributed by atoms with Crippen molar-refractivity contribution >= 4 is 27.1 Å². The summed E-state index contributed by atoms with van der Waals surface area (Å²) in [7, 11) is -3.00. The highest BCUT2D eigenvalue weighted by Gasteiger charge is 2.29. The van der Waals surface area contributed by atoms with Crippen LogP contribution < -0.4 is 5.32 Å². The molecule has 1 saturated heterocycles. The van der Waals surface area contributed by atoms with Gasteiger partial charge in [-0.3, -0.25) is 4.79 Å². The molecule has 1 unspecified atom stereocenters. The van der Waals surface area contributed by atoms with E-state index in [1.54, 1.807) is 6.92 Å². The molecule has 0 aliphatic carbocycles. The molecule has 1 fully saturated rings. The van der Waals surface area contributed by atoms with Gasteiger partial charge in [0.25, 0.3) is 0 Å². The summed E-state index contributed by atoms with van der Waals surface area (Å²) in [4.78, 5) is 17.3. The summed E-state index contributed by atoms with van der Waals surface area (Å²) in [6, 6.07) is 3.52. The number of carbonyl (C=O) groups excluding carboxylic acids is 1. The fraction of sp³-hybridized carbons (Fsp3) is 0.429. The summed E-state index contributed by atoms with van der Waals surface area (Å²) in [5.41, 5.74) is 0.585. The Morgan fingerprint density at radius 1 is 1.55 bits per heavy atom. The first-order valence-electron chi connectivity index (χ1n) is 6.93. The maximum atomic E-state index is 12.0. The Morgan fingerprint density at radius 2 is 2.36 bits per heavy atom. The van der Waals surface area contributed by atoms with Crippen molar-refractivity contribution < 1.29 is 17.6 Å². The SMILES string of the molecule is Cc1oc(-c2cccs2)nc1CC(=O)NC1CCS(=O)(=O)C1. The topological polar surface area (TPSA) is 89.3 Å². The molecule has 0 bridgehead atoms. The number of rotatable bonds is 4. The quantitative estimate of drug-likeness (QED) is 0.912. The first kappa shape index (κ1) is 15.2. The molecule has 1 atom stereocenters. The Morgan fingerprint density at radius 3 is 3.00 bits per heavy atom. The van der Waals surface area contributed by atoms with Crippen LogP contribution in [0.1, 0.15) is 17.9 Å². The Balaban J connectivity index is 1.65. The van der Waals surface area contributed by atoms with Crippen LogP contribution >= 0.6 is 11.3 Å². The number of amides is 1. The summed E-state index contributed by atoms with van der Waals surface area (Å²) in [5, 5.41) is 4.69. The highest BCUT2D eigenvalue weighted by molar-refractivity contribution is 7.91. The molecule has 22 heavy (non-hydrogen) atoms. The van der Waals surface area contributed by atoms with Gasteiger partial charge in [0.1, 0.15) is 5.76 Å². The maximum absolute atomic E-state index is 12.0. The number of carbonyl (C=O) groups is 1. The molecule has 1 aliphatic heterocycles. The fourth-order valence-electron chi connectivity index (χ4n) is 2.44. The van der Waals surface area contributed by atoms with Crippen LogP contribution in [-0.2, 0) is 21.1 Å². The molecule has 6 nitrogen and oxygen atoms in total. The number of aromatic nitrogens is 1. The number of oxazole rings is 1. The van der Waals surface area contributed by atoms with Crippen molar-refractivity contribution in [3.63, 3.8) is 0 Å². The number of nitrogens with zero attached hydrogens (tertiary/aromatic N) is 1. The van der Waals surface area contributed by atoms with Crippen LogP contribution in [0.3, 0.4) is 0 Å². The van der Waals surface area contributed by atoms with Crippen molar-refractivity contribution in [2.24, 2.45) is 0 Å². The van der Waals surface area contributed by atoms with Crippen molar-refractivity contribution in [1.29, 1.82) is 0 Å². The van der Waals surface area contributed by atoms with Gasteiger partial charge in [0.2, 0.25) is 11.8 Å². The van der Waals surface area contributed by atoms with Gasteiger partial charge < -0.3 is 9.73 Å². The number of sulfone groups is 1. The van der Waals surface area contributed by atoms with Gasteiger partial charge in [0.15, 0.2) is 9.84 Å². The standard InChI is InChI=1S/C14H16N2O4S2/c1-9-11(16-14(20-9)12-3-2-5-21-12)7-13(17)15-10-4-6-22(18,19)8-10/h2-3,5,10H,4,6-8H2,1H3,(H,15,17). The Bertz CT molecular complexity index is 778. The van der Waals surface area contributed by atoms with Crippen LogP contribution in [0.2, 0.25) is 0 Å². The van der Waals surface area contributed by atoms with Crippen LogP contribution in [0.4, 0.5) is 0 Å². The molecule has 1 amide bonds. The van der Waals surface area contributed by atoms with Gasteiger partial charge in [0, 0.05) is 6.04 Å². The highest BCUT2D eigenvalue weighted by Crippen LogP contribution is 2.26. The fourth-order valence-corrected chi connectivity index (χ4v) is 4.76. The molecule has 0 radical (unpaired) electrons. The third-order valence-corrected chi connectivity index (χ3v) is 6.18. The lowest BCUT2D eigenvalue weighted by Crippen LogP contribution is -2.36. The van der Waals surface area contributed by atoms with Crippen LogP contribution in [0.25, 0.3) is 10.8 Å². The molecule has 3 rings (SSSR count). The van der Waals surface area contributed by atoms with Gasteiger partial charge in [-0.2, -0.15) is 0 Å². The van der Waals surface area contributed by atoms with E-state index in [1.807, 2.05) is 17.5 Å². The zero-order chi connectivity index (χ0) is 15.7. The molecular weight excluding hydrogens is 324 g/mol. The predicted molar refractivity (Wildman–Crippen MR) is 83.5 cm³/mol. The molecular formula is C14H16N2O4S2. The molecule has 0 saturated carbocycles. The van der Waals surface area contributed by atoms with Gasteiger partial charge in [-0.1, -0.05) is 6.07 Å². The van der Waals surface area contributed by atoms with Crippen LogP contribution in [0.5, 0.6) is 0 Å². The van der Waals surface area contributed by atoms with E-state index in [0.717, 1.165) is 4.88 Å². The first-order chi connectivity index (χ1) is 10.4. The summed E-state index contributed by atoms with van der Waals surface area (Å²) in [6.07, 6.45) is 0.573. The van der Waals surface area contributed by atoms with E-state index >= 15 is 0 Å². The smallest absolute Gasteiger partial charge is 0.236 e. The average Bonchev–Trinajstić information content (AvgIpc) is 3.12. The van der Waals surface area contributed by atoms with E-state index in [-0.39, 0.29) is 29.9 Å². The van der Waals surface area contributed by atoms with Crippen LogP contribution in [0.15, 0.2) is 21.9 Å². The second-order valence-electron chi connectivity index (χ2n) is 5.34. The summed E-state index contributed by atoms with van der Waals surface area (Å²) < 4.78 is 28.4. The number of hydrogen-bond acceptors (Lipinski definition) is 6. The van der Waals surface area contributed by atoms with E-state index < -0.39 is 9.84 Å². The Hall–Kier alpha value is -1.67. The molecule has 2 aromatic rings. The zero-order valence-corrected chi connectivity index (χ0v) is 13.7. The first-order valence-corrected chi connectivity index (χ1v) is 9.63. The summed E-state index contributed by atoms with van der Waals surface area (Å²) >= 11 is 1.52. The van der Waals surface area contributed by atoms with Crippen LogP contribution in [-0.4, -0.2) is 36.9 Å². The third kappa shape index (κ3) is 3.38. The number of aryl methyl sites for hydroxylation is 1. The molecule has 2 aromatic heterocycles. The second kappa shape index (κ2) is 5.85. The highest BCUT2D eigenvalue weighted by atomic mass is 32.2. The minimum atomic E-state index is -3.00. The largest absolute Gasteiger partial charge is 0.440 e. The maximum Gasteiger partial charge on any atom is 0.236 e. The van der Waals surface area contributed by atoms with E-state index in [4.69, 9.17) is 4.42 Å². The molecule has 0 spiro atoms. The van der Waals surface area contributed by atoms with Gasteiger partial charge in [0.05, 0.1) is 28.5 Å². The van der Waals surface area contributed by atoms with E-state index in [2.05, 4.69) is 10.3 Å². The van der Waals surface area contributed by atoms with Crippen LogP contribution in [0, 0.1) is 6.92 Å². The van der Waals surface area contributed by atoms with E-state index in [9.17, 15) is 13.2 Å². The molecule has 0 aromatic carbocycles. The lowest BCUT2D eigenvalue weighted by atomic mass is 10.2. The summed E-state index contributed by atoms with van der Waals surface area (Å²) in [6.45, 7) is 1.77. The normalized spacial score (nSPS) is 20.1. The van der Waals surface area contributed by atoms with Crippen molar-refractivity contribution in [3.05, 3.63) is 29.0 Å². The van der Waals surface area contributed by atoms with E-state index in [0.29, 0.717) is 23.8 Å². The monoisotopic (exact) mass is 340 g/mol. The number of hydrogen-bond donors (Lipinski definition) is 1. The summed E-state index contributed by atoms with van der Waals surface area (Å²) in [5.74, 6) is 1.06. The Kier molecular flexibility index (Phi) is 4.05. The van der Waals surface area contributed by atoms with Gasteiger partial charge in [-0.05, 0) is 24.8 Å². The zero-order valence-electron chi connectivity index (χ0n) is 12.0. The number of nitrogens with one attached hydrogen (secondary N) is 1. The molecule has 8 heteroatoms. The van der Waals surface area contributed by atoms with Gasteiger partial charge in [-0.25, -0.2) is 13.4 Å². The third-order valence-electron chi connectivity index (χ3n) is 3.55. The lowest BCUT2D eigenvalue weighted by molar-refractivity contribution is -0.121. The van der Waals surface area contributed by atoms with E-state index in [1.165, 1.54) is 11.3 Å². The molecule has 1 aliphatic rings. The predicted octanol–water partition coefficient (Wildman–Crippen LogP) is 1.56. The van der Waals surface area contributed by atoms with Crippen molar-refractivity contribution in [1.82, 2.24) is 10.3 Å². The second-order valence-corrected chi connectivity index (χ2v) is 8.52. The molecule has 1 N–H and O–H groups in total. The Labute approximate surface area is 132 Å². The average molecular weight is 340 g/mol. The molecule has 3 heterocycles. The minimum Gasteiger partial charge on any atom is -0.440 e. The minimum absolute atomic E-state index is 0.0248. The van der Waals surface area contributed by atoms with Crippen molar-refractivity contribution in [2.75, 3.05) is 11.5 Å². The number of thiophene rings is 1. The molecule has 118 valence electrons. The van der Waals surface area contributed by atoms with Gasteiger partial charge in [-0.15, -0.1) is 11.3 Å². The lowest BCUT2D eigenvalue weighted by Gasteiger charge is -2.09. The van der Waals surface area contributed by atoms with Gasteiger partial charge >= 0.3 is 0 Å².